The molecule has 2 heterocycles. The van der Waals surface area contributed by atoms with Crippen LogP contribution in [0.5, 0.6) is 0 Å². The first-order chi connectivity index (χ1) is 6.40. The van der Waals surface area contributed by atoms with Crippen molar-refractivity contribution in [2.75, 3.05) is 18.1 Å². The molecule has 0 aliphatic carbocycles. The number of ether oxygens (including phenoxy) is 1. The van der Waals surface area contributed by atoms with E-state index < -0.39 is 0 Å². The first kappa shape index (κ1) is 9.45. The van der Waals surface area contributed by atoms with Crippen molar-refractivity contribution in [1.82, 2.24) is 4.98 Å². The van der Waals surface area contributed by atoms with Crippen LogP contribution in [0.15, 0.2) is 5.38 Å². The minimum Gasteiger partial charge on any atom is -0.369 e. The molecule has 1 saturated heterocycles. The summed E-state index contributed by atoms with van der Waals surface area (Å²) in [4.78, 5) is 4.41. The fraction of sp³-hybridized carbons (Fsp3) is 0.625. The van der Waals surface area contributed by atoms with E-state index in [1.54, 1.807) is 11.3 Å². The van der Waals surface area contributed by atoms with Crippen LogP contribution < -0.4 is 5.73 Å². The molecule has 0 radical (unpaired) electrons. The lowest BCUT2D eigenvalue weighted by Crippen LogP contribution is -2.15. The highest BCUT2D eigenvalue weighted by molar-refractivity contribution is 7.99. The number of rotatable bonds is 2. The smallest absolute Gasteiger partial charge is 0.123 e. The average molecular weight is 216 g/mol. The van der Waals surface area contributed by atoms with Crippen LogP contribution in [0, 0.1) is 0 Å². The lowest BCUT2D eigenvalue weighted by molar-refractivity contribution is 0.0754. The van der Waals surface area contributed by atoms with Gasteiger partial charge in [-0.25, -0.2) is 4.98 Å². The Morgan fingerprint density at radius 3 is 3.23 bits per heavy atom. The van der Waals surface area contributed by atoms with Crippen LogP contribution in [0.2, 0.25) is 0 Å². The highest BCUT2D eigenvalue weighted by atomic mass is 32.2. The van der Waals surface area contributed by atoms with E-state index in [-0.39, 0.29) is 6.10 Å². The number of hydrogen-bond acceptors (Lipinski definition) is 5. The predicted molar refractivity (Wildman–Crippen MR) is 56.0 cm³/mol. The van der Waals surface area contributed by atoms with Crippen molar-refractivity contribution in [2.45, 2.75) is 12.6 Å². The highest BCUT2D eigenvalue weighted by Gasteiger charge is 2.19. The lowest BCUT2D eigenvalue weighted by Gasteiger charge is -2.19. The van der Waals surface area contributed by atoms with Crippen molar-refractivity contribution in [2.24, 2.45) is 5.73 Å². The van der Waals surface area contributed by atoms with E-state index in [2.05, 4.69) is 4.98 Å². The quantitative estimate of drug-likeness (QED) is 0.812. The van der Waals surface area contributed by atoms with Gasteiger partial charge in [0.05, 0.1) is 12.3 Å². The van der Waals surface area contributed by atoms with Gasteiger partial charge in [-0.05, 0) is 0 Å². The van der Waals surface area contributed by atoms with E-state index in [1.807, 2.05) is 17.1 Å². The molecule has 1 fully saturated rings. The molecule has 13 heavy (non-hydrogen) atoms. The van der Waals surface area contributed by atoms with Crippen LogP contribution >= 0.6 is 23.1 Å². The largest absolute Gasteiger partial charge is 0.369 e. The van der Waals surface area contributed by atoms with Gasteiger partial charge in [0, 0.05) is 23.4 Å². The van der Waals surface area contributed by atoms with Crippen LogP contribution in [0.1, 0.15) is 16.8 Å². The molecule has 72 valence electrons. The zero-order chi connectivity index (χ0) is 9.10. The van der Waals surface area contributed by atoms with Crippen molar-refractivity contribution in [3.05, 3.63) is 16.1 Å². The third-order valence-corrected chi connectivity index (χ3v) is 3.85. The molecule has 0 bridgehead atoms. The van der Waals surface area contributed by atoms with E-state index in [0.29, 0.717) is 6.54 Å². The number of aromatic nitrogens is 1. The molecule has 0 aromatic carbocycles. The van der Waals surface area contributed by atoms with Gasteiger partial charge in [0.25, 0.3) is 0 Å². The molecule has 1 aromatic heterocycles. The van der Waals surface area contributed by atoms with Crippen LogP contribution in [-0.2, 0) is 11.3 Å². The fourth-order valence-corrected chi connectivity index (χ4v) is 3.03. The molecule has 1 atom stereocenters. The Morgan fingerprint density at radius 1 is 1.69 bits per heavy atom. The van der Waals surface area contributed by atoms with E-state index >= 15 is 0 Å². The standard InChI is InChI=1S/C8H12N2OS2/c9-3-6-4-13-8(10-6)7-5-12-2-1-11-7/h4,7H,1-3,5,9H2. The maximum absolute atomic E-state index is 5.61. The molecule has 5 heteroatoms. The molecule has 1 aromatic rings. The zero-order valence-electron chi connectivity index (χ0n) is 7.23. The molecule has 0 spiro atoms. The Labute approximate surface area is 85.7 Å². The first-order valence-electron chi connectivity index (χ1n) is 4.24. The van der Waals surface area contributed by atoms with Gasteiger partial charge < -0.3 is 10.5 Å². The Kier molecular flexibility index (Phi) is 3.21. The topological polar surface area (TPSA) is 48.1 Å². The molecule has 2 N–H and O–H groups in total. The Hall–Kier alpha value is -0.100. The van der Waals surface area contributed by atoms with Crippen molar-refractivity contribution in [3.63, 3.8) is 0 Å². The van der Waals surface area contributed by atoms with Gasteiger partial charge >= 0.3 is 0 Å². The molecule has 1 aliphatic rings. The van der Waals surface area contributed by atoms with Gasteiger partial charge in [-0.1, -0.05) is 0 Å². The zero-order valence-corrected chi connectivity index (χ0v) is 8.87. The third-order valence-electron chi connectivity index (χ3n) is 1.87. The SMILES string of the molecule is NCc1csc(C2CSCCO2)n1. The van der Waals surface area contributed by atoms with Gasteiger partial charge in [0.15, 0.2) is 0 Å². The summed E-state index contributed by atoms with van der Waals surface area (Å²) in [6, 6.07) is 0. The minimum atomic E-state index is 0.198. The predicted octanol–water partition coefficient (Wildman–Crippen LogP) is 1.41. The van der Waals surface area contributed by atoms with Crippen molar-refractivity contribution in [3.8, 4) is 0 Å². The lowest BCUT2D eigenvalue weighted by atomic mass is 10.4. The van der Waals surface area contributed by atoms with Gasteiger partial charge in [0.2, 0.25) is 0 Å². The third kappa shape index (κ3) is 2.22. The number of thioether (sulfide) groups is 1. The Bertz CT molecular complexity index is 271. The van der Waals surface area contributed by atoms with Gasteiger partial charge in [-0.15, -0.1) is 11.3 Å². The maximum atomic E-state index is 5.61. The number of thiazole rings is 1. The summed E-state index contributed by atoms with van der Waals surface area (Å²) in [7, 11) is 0. The first-order valence-corrected chi connectivity index (χ1v) is 6.27. The van der Waals surface area contributed by atoms with Crippen LogP contribution in [0.25, 0.3) is 0 Å². The fourth-order valence-electron chi connectivity index (χ4n) is 1.19. The number of nitrogens with two attached hydrogens (primary N) is 1. The number of nitrogens with zero attached hydrogens (tertiary/aromatic N) is 1. The van der Waals surface area contributed by atoms with Gasteiger partial charge in [-0.3, -0.25) is 0 Å². The maximum Gasteiger partial charge on any atom is 0.123 e. The van der Waals surface area contributed by atoms with Gasteiger partial charge in [0.1, 0.15) is 11.1 Å². The number of hydrogen-bond donors (Lipinski definition) is 1. The van der Waals surface area contributed by atoms with E-state index in [0.717, 1.165) is 28.8 Å². The van der Waals surface area contributed by atoms with Crippen LogP contribution in [0.4, 0.5) is 0 Å². The molecule has 1 unspecified atom stereocenters. The molecule has 3 nitrogen and oxygen atoms in total. The van der Waals surface area contributed by atoms with Crippen molar-refractivity contribution < 1.29 is 4.74 Å². The van der Waals surface area contributed by atoms with Crippen molar-refractivity contribution >= 4 is 23.1 Å². The summed E-state index contributed by atoms with van der Waals surface area (Å²) in [5.74, 6) is 2.13. The van der Waals surface area contributed by atoms with Crippen LogP contribution in [-0.4, -0.2) is 23.1 Å². The Balaban J connectivity index is 2.05. The summed E-state index contributed by atoms with van der Waals surface area (Å²) in [5.41, 5.74) is 6.46. The molecular formula is C8H12N2OS2. The minimum absolute atomic E-state index is 0.198. The normalized spacial score (nSPS) is 23.3. The highest BCUT2D eigenvalue weighted by Crippen LogP contribution is 2.28. The van der Waals surface area contributed by atoms with Gasteiger partial charge in [-0.2, -0.15) is 11.8 Å². The summed E-state index contributed by atoms with van der Waals surface area (Å²) >= 11 is 3.58. The molecular weight excluding hydrogens is 204 g/mol. The second-order valence-electron chi connectivity index (χ2n) is 2.82. The molecule has 0 saturated carbocycles. The summed E-state index contributed by atoms with van der Waals surface area (Å²) in [6.45, 7) is 1.36. The summed E-state index contributed by atoms with van der Waals surface area (Å²) in [5, 5.41) is 3.09. The van der Waals surface area contributed by atoms with E-state index in [9.17, 15) is 0 Å². The second kappa shape index (κ2) is 4.41. The average Bonchev–Trinajstić information content (AvgIpc) is 2.67. The van der Waals surface area contributed by atoms with Crippen molar-refractivity contribution in [1.29, 1.82) is 0 Å². The molecule has 2 rings (SSSR count). The Morgan fingerprint density at radius 2 is 2.62 bits per heavy atom. The molecule has 1 aliphatic heterocycles. The van der Waals surface area contributed by atoms with E-state index in [1.165, 1.54) is 0 Å². The summed E-state index contributed by atoms with van der Waals surface area (Å²) in [6.07, 6.45) is 0.198. The molecule has 0 amide bonds. The van der Waals surface area contributed by atoms with Crippen LogP contribution in [0.3, 0.4) is 0 Å². The summed E-state index contributed by atoms with van der Waals surface area (Å²) < 4.78 is 5.61. The van der Waals surface area contributed by atoms with E-state index in [4.69, 9.17) is 10.5 Å². The monoisotopic (exact) mass is 216 g/mol. The second-order valence-corrected chi connectivity index (χ2v) is 4.86.